The van der Waals surface area contributed by atoms with Gasteiger partial charge in [0.25, 0.3) is 0 Å². The smallest absolute Gasteiger partial charge is 0.345 e. The van der Waals surface area contributed by atoms with Crippen LogP contribution in [-0.2, 0) is 9.53 Å². The molecule has 1 saturated carbocycles. The lowest BCUT2D eigenvalue weighted by atomic mass is 9.89. The van der Waals surface area contributed by atoms with E-state index in [1.807, 2.05) is 27.7 Å². The number of hydrogen-bond donors (Lipinski definition) is 0. The number of carbonyl (C=O) groups is 1. The van der Waals surface area contributed by atoms with Crippen molar-refractivity contribution in [3.8, 4) is 22.5 Å². The lowest BCUT2D eigenvalue weighted by Crippen LogP contribution is -2.29. The van der Waals surface area contributed by atoms with Gasteiger partial charge in [-0.25, -0.2) is 4.79 Å². The second-order valence-electron chi connectivity index (χ2n) is 9.12. The SMILES string of the molecule is Cc1cc(-[s+]2c(C)ccc2C)cc(C)c1OCC(=O)OC(C)(C)C#CC1CCCCC1. The zero-order valence-electron chi connectivity index (χ0n) is 19.8. The van der Waals surface area contributed by atoms with Crippen LogP contribution in [0.1, 0.15) is 66.8 Å². The minimum Gasteiger partial charge on any atom is -0.481 e. The molecule has 31 heavy (non-hydrogen) atoms. The maximum Gasteiger partial charge on any atom is 0.345 e. The molecule has 1 aromatic heterocycles. The third kappa shape index (κ3) is 6.14. The van der Waals surface area contributed by atoms with Crippen molar-refractivity contribution >= 4 is 16.4 Å². The van der Waals surface area contributed by atoms with Gasteiger partial charge in [-0.3, -0.25) is 0 Å². The van der Waals surface area contributed by atoms with E-state index < -0.39 is 5.60 Å². The number of carbonyl (C=O) groups excluding carboxylic acids is 1. The zero-order valence-corrected chi connectivity index (χ0v) is 20.6. The molecule has 2 aromatic rings. The van der Waals surface area contributed by atoms with Crippen LogP contribution in [0.15, 0.2) is 24.3 Å². The molecule has 1 aliphatic carbocycles. The van der Waals surface area contributed by atoms with E-state index in [1.165, 1.54) is 33.9 Å². The summed E-state index contributed by atoms with van der Waals surface area (Å²) in [5, 5.41) is 0. The quantitative estimate of drug-likeness (QED) is 0.287. The molecule has 3 nitrogen and oxygen atoms in total. The second-order valence-corrected chi connectivity index (χ2v) is 11.5. The average molecular weight is 440 g/mol. The van der Waals surface area contributed by atoms with Crippen LogP contribution in [0.4, 0.5) is 0 Å². The van der Waals surface area contributed by atoms with Crippen LogP contribution in [0.5, 0.6) is 5.75 Å². The largest absolute Gasteiger partial charge is 0.481 e. The maximum absolute atomic E-state index is 12.4. The number of thiophene rings is 1. The zero-order chi connectivity index (χ0) is 22.6. The topological polar surface area (TPSA) is 35.5 Å². The van der Waals surface area contributed by atoms with E-state index in [2.05, 4.69) is 50.0 Å². The van der Waals surface area contributed by atoms with Crippen molar-refractivity contribution in [2.24, 2.45) is 5.92 Å². The predicted octanol–water partition coefficient (Wildman–Crippen LogP) is 6.94. The van der Waals surface area contributed by atoms with Gasteiger partial charge in [-0.05, 0) is 63.8 Å². The fourth-order valence-electron chi connectivity index (χ4n) is 4.25. The Balaban J connectivity index is 1.63. The lowest BCUT2D eigenvalue weighted by molar-refractivity contribution is -0.154. The molecule has 1 aliphatic rings. The Labute approximate surface area is 190 Å². The number of ether oxygens (including phenoxy) is 2. The highest BCUT2D eigenvalue weighted by Gasteiger charge is 2.23. The third-order valence-corrected chi connectivity index (χ3v) is 8.02. The second kappa shape index (κ2) is 9.92. The van der Waals surface area contributed by atoms with Crippen LogP contribution in [-0.4, -0.2) is 18.2 Å². The molecule has 4 heteroatoms. The predicted molar refractivity (Wildman–Crippen MR) is 129 cm³/mol. The first-order valence-corrected chi connectivity index (χ1v) is 12.5. The Morgan fingerprint density at radius 2 is 1.61 bits per heavy atom. The van der Waals surface area contributed by atoms with Crippen molar-refractivity contribution < 1.29 is 14.3 Å². The number of aryl methyl sites for hydroxylation is 4. The highest BCUT2D eigenvalue weighted by atomic mass is 32.2. The van der Waals surface area contributed by atoms with Gasteiger partial charge in [0.05, 0.1) is 0 Å². The summed E-state index contributed by atoms with van der Waals surface area (Å²) >= 11 is 0. The van der Waals surface area contributed by atoms with Crippen molar-refractivity contribution in [1.82, 2.24) is 0 Å². The van der Waals surface area contributed by atoms with Gasteiger partial charge in [0.2, 0.25) is 0 Å². The van der Waals surface area contributed by atoms with Gasteiger partial charge in [0.15, 0.2) is 26.9 Å². The Hall–Kier alpha value is -2.25. The summed E-state index contributed by atoms with van der Waals surface area (Å²) in [6.07, 6.45) is 6.11. The van der Waals surface area contributed by atoms with Gasteiger partial charge in [0, 0.05) is 42.4 Å². The molecule has 1 heterocycles. The van der Waals surface area contributed by atoms with Crippen molar-refractivity contribution in [2.75, 3.05) is 6.61 Å². The highest BCUT2D eigenvalue weighted by Crippen LogP contribution is 2.41. The van der Waals surface area contributed by atoms with Crippen LogP contribution in [0.3, 0.4) is 0 Å². The summed E-state index contributed by atoms with van der Waals surface area (Å²) < 4.78 is 11.5. The molecule has 0 bridgehead atoms. The molecule has 0 amide bonds. The van der Waals surface area contributed by atoms with E-state index in [-0.39, 0.29) is 23.0 Å². The van der Waals surface area contributed by atoms with Crippen LogP contribution in [0.25, 0.3) is 4.90 Å². The van der Waals surface area contributed by atoms with Crippen LogP contribution >= 0.6 is 10.5 Å². The fraction of sp³-hybridized carbons (Fsp3) is 0.519. The Morgan fingerprint density at radius 3 is 2.19 bits per heavy atom. The normalized spacial score (nSPS) is 14.6. The Morgan fingerprint density at radius 1 is 1.03 bits per heavy atom. The number of benzene rings is 1. The standard InChI is InChI=1S/C27H35O3S/c1-19-16-24(31-21(3)12-13-22(31)4)17-20(2)26(19)29-18-25(28)30-27(5,6)15-14-23-10-8-7-9-11-23/h12-13,16-17,23H,7-11,18H2,1-6H3/q+1. The van der Waals surface area contributed by atoms with Crippen molar-refractivity contribution in [1.29, 1.82) is 0 Å². The molecule has 1 fully saturated rings. The van der Waals surface area contributed by atoms with Crippen molar-refractivity contribution in [2.45, 2.75) is 79.2 Å². The fourth-order valence-corrected chi connectivity index (χ4v) is 6.49. The lowest BCUT2D eigenvalue weighted by Gasteiger charge is -2.21. The van der Waals surface area contributed by atoms with E-state index in [0.29, 0.717) is 5.92 Å². The number of rotatable bonds is 5. The van der Waals surface area contributed by atoms with E-state index >= 15 is 0 Å². The molecule has 166 valence electrons. The first-order chi connectivity index (χ1) is 14.7. The molecule has 1 aromatic carbocycles. The first kappa shape index (κ1) is 23.4. The molecular formula is C27H35O3S+. The summed E-state index contributed by atoms with van der Waals surface area (Å²) in [6, 6.07) is 8.75. The van der Waals surface area contributed by atoms with E-state index in [9.17, 15) is 4.79 Å². The molecule has 0 N–H and O–H groups in total. The molecule has 0 radical (unpaired) electrons. The summed E-state index contributed by atoms with van der Waals surface area (Å²) in [5.41, 5.74) is 1.28. The summed E-state index contributed by atoms with van der Waals surface area (Å²) in [4.78, 5) is 16.5. The number of esters is 1. The minimum absolute atomic E-state index is 0.0199. The molecule has 0 spiro atoms. The van der Waals surface area contributed by atoms with Gasteiger partial charge in [0.1, 0.15) is 5.75 Å². The molecule has 0 atom stereocenters. The highest BCUT2D eigenvalue weighted by molar-refractivity contribution is 7.39. The van der Waals surface area contributed by atoms with Crippen LogP contribution in [0.2, 0.25) is 0 Å². The Bertz CT molecular complexity index is 955. The molecule has 0 saturated heterocycles. The van der Waals surface area contributed by atoms with E-state index in [0.717, 1.165) is 29.7 Å². The van der Waals surface area contributed by atoms with Gasteiger partial charge >= 0.3 is 5.97 Å². The van der Waals surface area contributed by atoms with Gasteiger partial charge in [-0.2, -0.15) is 0 Å². The van der Waals surface area contributed by atoms with Crippen molar-refractivity contribution in [3.05, 3.63) is 45.1 Å². The van der Waals surface area contributed by atoms with Crippen LogP contribution in [0, 0.1) is 45.5 Å². The molecule has 0 aliphatic heterocycles. The minimum atomic E-state index is -0.802. The maximum atomic E-state index is 12.4. The summed E-state index contributed by atoms with van der Waals surface area (Å²) in [6.45, 7) is 12.0. The third-order valence-electron chi connectivity index (χ3n) is 5.75. The van der Waals surface area contributed by atoms with Gasteiger partial charge < -0.3 is 9.47 Å². The first-order valence-electron chi connectivity index (χ1n) is 11.2. The molecule has 0 unspecified atom stereocenters. The van der Waals surface area contributed by atoms with E-state index in [4.69, 9.17) is 9.47 Å². The van der Waals surface area contributed by atoms with E-state index in [1.54, 1.807) is 0 Å². The van der Waals surface area contributed by atoms with Crippen molar-refractivity contribution in [3.63, 3.8) is 0 Å². The monoisotopic (exact) mass is 439 g/mol. The number of hydrogen-bond acceptors (Lipinski definition) is 3. The molecular weight excluding hydrogens is 404 g/mol. The van der Waals surface area contributed by atoms with Gasteiger partial charge in [-0.15, -0.1) is 0 Å². The van der Waals surface area contributed by atoms with Gasteiger partial charge in [-0.1, -0.05) is 31.1 Å². The molecule has 3 rings (SSSR count). The Kier molecular flexibility index (Phi) is 7.49. The summed E-state index contributed by atoms with van der Waals surface area (Å²) in [7, 11) is 0.0199. The average Bonchev–Trinajstić information content (AvgIpc) is 3.04. The van der Waals surface area contributed by atoms with Crippen LogP contribution < -0.4 is 4.74 Å². The summed E-state index contributed by atoms with van der Waals surface area (Å²) in [5.74, 6) is 7.30.